The molecule has 158 valence electrons. The van der Waals surface area contributed by atoms with Crippen LogP contribution in [0.15, 0.2) is 5.11 Å². The summed E-state index contributed by atoms with van der Waals surface area (Å²) in [5, 5.41) is 6.11. The van der Waals surface area contributed by atoms with Gasteiger partial charge in [-0.25, -0.2) is 0 Å². The molecule has 1 N–H and O–H groups in total. The van der Waals surface area contributed by atoms with Gasteiger partial charge in [-0.05, 0) is 18.4 Å². The minimum Gasteiger partial charge on any atom is -0.379 e. The summed E-state index contributed by atoms with van der Waals surface area (Å²) in [5.41, 5.74) is 8.08. The summed E-state index contributed by atoms with van der Waals surface area (Å²) in [6, 6.07) is 0. The first kappa shape index (κ1) is 25.9. The summed E-state index contributed by atoms with van der Waals surface area (Å²) in [7, 11) is 0. The SMILES string of the molecule is [N-]=[N+]=NCCOCCOCCC(=O)NCCOCCOCCCCCCCl. The highest BCUT2D eigenvalue weighted by molar-refractivity contribution is 6.17. The number of carbonyl (C=O) groups excluding carboxylic acids is 1. The van der Waals surface area contributed by atoms with Gasteiger partial charge in [-0.15, -0.1) is 11.6 Å². The van der Waals surface area contributed by atoms with Crippen LogP contribution in [0, 0.1) is 0 Å². The first-order valence-corrected chi connectivity index (χ1v) is 9.99. The zero-order valence-electron chi connectivity index (χ0n) is 16.1. The van der Waals surface area contributed by atoms with Crippen molar-refractivity contribution in [3.8, 4) is 0 Å². The number of carbonyl (C=O) groups is 1. The lowest BCUT2D eigenvalue weighted by Crippen LogP contribution is -2.28. The second-order valence-corrected chi connectivity index (χ2v) is 5.99. The van der Waals surface area contributed by atoms with Crippen LogP contribution >= 0.6 is 11.6 Å². The molecule has 0 rings (SSSR count). The van der Waals surface area contributed by atoms with Crippen molar-refractivity contribution in [1.29, 1.82) is 0 Å². The number of hydrogen-bond donors (Lipinski definition) is 1. The van der Waals surface area contributed by atoms with Crippen LogP contribution in [0.2, 0.25) is 0 Å². The average molecular weight is 409 g/mol. The molecule has 0 atom stereocenters. The van der Waals surface area contributed by atoms with Crippen LogP contribution in [-0.4, -0.2) is 77.7 Å². The number of hydrogen-bond acceptors (Lipinski definition) is 6. The van der Waals surface area contributed by atoms with Crippen molar-refractivity contribution >= 4 is 17.5 Å². The first-order valence-electron chi connectivity index (χ1n) is 9.45. The molecule has 0 aromatic rings. The number of azide groups is 1. The molecule has 0 saturated heterocycles. The van der Waals surface area contributed by atoms with E-state index in [2.05, 4.69) is 15.3 Å². The van der Waals surface area contributed by atoms with E-state index in [9.17, 15) is 4.79 Å². The standard InChI is InChI=1S/C17H33ClN4O5/c18-6-3-1-2-4-9-24-13-15-26-11-7-20-17(23)5-10-25-14-16-27-12-8-21-22-19/h1-16H2,(H,20,23). The predicted molar refractivity (Wildman–Crippen MR) is 104 cm³/mol. The van der Waals surface area contributed by atoms with Crippen molar-refractivity contribution in [1.82, 2.24) is 5.32 Å². The second-order valence-electron chi connectivity index (χ2n) is 5.61. The Balaban J connectivity index is 3.16. The molecule has 0 aromatic carbocycles. The molecule has 9 nitrogen and oxygen atoms in total. The Labute approximate surface area is 166 Å². The van der Waals surface area contributed by atoms with E-state index >= 15 is 0 Å². The molecular weight excluding hydrogens is 376 g/mol. The van der Waals surface area contributed by atoms with Crippen LogP contribution in [-0.2, 0) is 23.7 Å². The van der Waals surface area contributed by atoms with Crippen LogP contribution in [0.4, 0.5) is 0 Å². The number of nitrogens with one attached hydrogen (secondary N) is 1. The minimum absolute atomic E-state index is 0.0731. The molecular formula is C17H33ClN4O5. The van der Waals surface area contributed by atoms with Gasteiger partial charge in [0, 0.05) is 36.9 Å². The summed E-state index contributed by atoms with van der Waals surface area (Å²) in [6.45, 7) is 4.61. The lowest BCUT2D eigenvalue weighted by Gasteiger charge is -2.08. The normalized spacial score (nSPS) is 10.6. The maximum atomic E-state index is 11.6. The fourth-order valence-electron chi connectivity index (χ4n) is 1.96. The number of nitrogens with zero attached hydrogens (tertiary/aromatic N) is 3. The van der Waals surface area contributed by atoms with Crippen LogP contribution in [0.25, 0.3) is 10.4 Å². The van der Waals surface area contributed by atoms with Gasteiger partial charge in [0.15, 0.2) is 0 Å². The van der Waals surface area contributed by atoms with Crippen molar-refractivity contribution in [3.05, 3.63) is 10.4 Å². The lowest BCUT2D eigenvalue weighted by atomic mass is 10.2. The van der Waals surface area contributed by atoms with Crippen molar-refractivity contribution in [2.75, 3.05) is 71.8 Å². The summed E-state index contributed by atoms with van der Waals surface area (Å²) >= 11 is 5.61. The molecule has 0 aliphatic carbocycles. The summed E-state index contributed by atoms with van der Waals surface area (Å²) in [6.07, 6.45) is 4.72. The Morgan fingerprint density at radius 2 is 1.48 bits per heavy atom. The van der Waals surface area contributed by atoms with Crippen molar-refractivity contribution in [2.45, 2.75) is 32.1 Å². The van der Waals surface area contributed by atoms with Gasteiger partial charge in [0.2, 0.25) is 5.91 Å². The van der Waals surface area contributed by atoms with Crippen molar-refractivity contribution in [2.24, 2.45) is 5.11 Å². The number of ether oxygens (including phenoxy) is 4. The molecule has 0 spiro atoms. The number of halogens is 1. The van der Waals surface area contributed by atoms with Gasteiger partial charge in [0.1, 0.15) is 0 Å². The maximum absolute atomic E-state index is 11.6. The van der Waals surface area contributed by atoms with E-state index in [-0.39, 0.29) is 5.91 Å². The molecule has 0 aliphatic heterocycles. The number of rotatable bonds is 21. The van der Waals surface area contributed by atoms with E-state index in [4.69, 9.17) is 36.1 Å². The van der Waals surface area contributed by atoms with Crippen LogP contribution in [0.3, 0.4) is 0 Å². The third kappa shape index (κ3) is 22.9. The summed E-state index contributed by atoms with van der Waals surface area (Å²) in [5.74, 6) is 0.658. The topological polar surface area (TPSA) is 115 Å². The van der Waals surface area contributed by atoms with Gasteiger partial charge in [-0.2, -0.15) is 0 Å². The van der Waals surface area contributed by atoms with Gasteiger partial charge < -0.3 is 24.3 Å². The molecule has 10 heteroatoms. The fourth-order valence-corrected chi connectivity index (χ4v) is 2.15. The molecule has 0 aliphatic rings. The number of amides is 1. The average Bonchev–Trinajstić information content (AvgIpc) is 2.67. The number of alkyl halides is 1. The van der Waals surface area contributed by atoms with E-state index < -0.39 is 0 Å². The van der Waals surface area contributed by atoms with E-state index in [1.54, 1.807) is 0 Å². The Bertz CT molecular complexity index is 384. The molecule has 0 aromatic heterocycles. The predicted octanol–water partition coefficient (Wildman–Crippen LogP) is 2.67. The lowest BCUT2D eigenvalue weighted by molar-refractivity contribution is -0.122. The molecule has 0 heterocycles. The van der Waals surface area contributed by atoms with Gasteiger partial charge in [-0.3, -0.25) is 4.79 Å². The highest BCUT2D eigenvalue weighted by atomic mass is 35.5. The van der Waals surface area contributed by atoms with E-state index in [0.29, 0.717) is 65.8 Å². The Morgan fingerprint density at radius 3 is 2.19 bits per heavy atom. The molecule has 1 amide bonds. The van der Waals surface area contributed by atoms with Crippen LogP contribution in [0.5, 0.6) is 0 Å². The Morgan fingerprint density at radius 1 is 0.852 bits per heavy atom. The smallest absolute Gasteiger partial charge is 0.222 e. The maximum Gasteiger partial charge on any atom is 0.222 e. The number of unbranched alkanes of at least 4 members (excludes halogenated alkanes) is 3. The first-order chi connectivity index (χ1) is 13.3. The van der Waals surface area contributed by atoms with Crippen molar-refractivity contribution < 1.29 is 23.7 Å². The minimum atomic E-state index is -0.0731. The van der Waals surface area contributed by atoms with E-state index in [1.807, 2.05) is 0 Å². The zero-order valence-corrected chi connectivity index (χ0v) is 16.8. The molecule has 0 radical (unpaired) electrons. The molecule has 0 fully saturated rings. The Kier molecular flexibility index (Phi) is 22.0. The quantitative estimate of drug-likeness (QED) is 0.103. The molecule has 0 bridgehead atoms. The van der Waals surface area contributed by atoms with Crippen LogP contribution in [0.1, 0.15) is 32.1 Å². The third-order valence-electron chi connectivity index (χ3n) is 3.36. The van der Waals surface area contributed by atoms with Gasteiger partial charge in [0.05, 0.1) is 46.2 Å². The second kappa shape index (κ2) is 23.0. The van der Waals surface area contributed by atoms with Crippen LogP contribution < -0.4 is 5.32 Å². The fraction of sp³-hybridized carbons (Fsp3) is 0.941. The van der Waals surface area contributed by atoms with Gasteiger partial charge in [-0.1, -0.05) is 18.0 Å². The monoisotopic (exact) mass is 408 g/mol. The van der Waals surface area contributed by atoms with Gasteiger partial charge in [0.25, 0.3) is 0 Å². The largest absolute Gasteiger partial charge is 0.379 e. The summed E-state index contributed by atoms with van der Waals surface area (Å²) < 4.78 is 21.3. The Hall–Kier alpha value is -1.09. The summed E-state index contributed by atoms with van der Waals surface area (Å²) in [4.78, 5) is 14.2. The molecule has 0 saturated carbocycles. The highest BCUT2D eigenvalue weighted by Crippen LogP contribution is 2.01. The zero-order chi connectivity index (χ0) is 19.8. The van der Waals surface area contributed by atoms with Crippen molar-refractivity contribution in [3.63, 3.8) is 0 Å². The molecule has 27 heavy (non-hydrogen) atoms. The molecule has 0 unspecified atom stereocenters. The van der Waals surface area contributed by atoms with Gasteiger partial charge >= 0.3 is 0 Å². The van der Waals surface area contributed by atoms with E-state index in [0.717, 1.165) is 38.2 Å². The van der Waals surface area contributed by atoms with E-state index in [1.165, 1.54) is 0 Å². The third-order valence-corrected chi connectivity index (χ3v) is 3.62. The highest BCUT2D eigenvalue weighted by Gasteiger charge is 2.00.